The van der Waals surface area contributed by atoms with Crippen LogP contribution < -0.4 is 36.8 Å². The minimum atomic E-state index is -3.76. The summed E-state index contributed by atoms with van der Waals surface area (Å²) in [5.74, 6) is -0.701. The molecule has 1 amide bonds. The summed E-state index contributed by atoms with van der Waals surface area (Å²) in [6.45, 7) is 3.11. The first-order valence-electron chi connectivity index (χ1n) is 10.1. The zero-order valence-electron chi connectivity index (χ0n) is 18.8. The van der Waals surface area contributed by atoms with Crippen LogP contribution in [0.3, 0.4) is 0 Å². The fourth-order valence-electron chi connectivity index (χ4n) is 3.75. The molecule has 1 heterocycles. The van der Waals surface area contributed by atoms with Crippen LogP contribution in [0.1, 0.15) is 25.5 Å². The molecule has 1 aliphatic heterocycles. The molecule has 2 aliphatic rings. The van der Waals surface area contributed by atoms with Crippen LogP contribution in [0.5, 0.6) is 11.5 Å². The molecule has 1 aromatic carbocycles. The van der Waals surface area contributed by atoms with Crippen LogP contribution in [-0.4, -0.2) is 44.6 Å². The van der Waals surface area contributed by atoms with Crippen LogP contribution in [0.2, 0.25) is 0 Å². The van der Waals surface area contributed by atoms with Crippen molar-refractivity contribution in [3.05, 3.63) is 81.4 Å². The fraction of sp³-hybridized carbons (Fsp3) is 0.318. The molecule has 1 aliphatic carbocycles. The van der Waals surface area contributed by atoms with Gasteiger partial charge in [-0.05, 0) is 24.6 Å². The zero-order valence-corrected chi connectivity index (χ0v) is 19.6. The molecular weight excluding hydrogens is 468 g/mol. The Morgan fingerprint density at radius 3 is 2.26 bits per heavy atom. The summed E-state index contributed by atoms with van der Waals surface area (Å²) >= 11 is 0. The third kappa shape index (κ3) is 4.62. The number of benzene rings is 1. The second-order valence-electron chi connectivity index (χ2n) is 7.61. The van der Waals surface area contributed by atoms with E-state index in [0.29, 0.717) is 10.3 Å². The number of ether oxygens (including phenoxy) is 2. The second kappa shape index (κ2) is 9.21. The molecule has 12 heteroatoms. The molecular formula is C22H22N2O9S. The number of carbonyl (C=O) groups is 1. The zero-order chi connectivity index (χ0) is 25.4. The number of hydrogen-bond donors (Lipinski definition) is 1. The van der Waals surface area contributed by atoms with E-state index in [4.69, 9.17) is 9.47 Å². The first-order chi connectivity index (χ1) is 15.9. The molecule has 0 bridgehead atoms. The molecule has 0 aromatic heterocycles. The summed E-state index contributed by atoms with van der Waals surface area (Å²) in [6.07, 6.45) is 0.933. The molecule has 1 unspecified atom stereocenters. The highest BCUT2D eigenvalue weighted by Gasteiger charge is 2.28. The molecule has 34 heavy (non-hydrogen) atoms. The van der Waals surface area contributed by atoms with E-state index in [1.54, 1.807) is 6.92 Å². The summed E-state index contributed by atoms with van der Waals surface area (Å²) < 4.78 is 35.9. The highest BCUT2D eigenvalue weighted by molar-refractivity contribution is 7.90. The van der Waals surface area contributed by atoms with Crippen molar-refractivity contribution in [2.75, 3.05) is 31.0 Å². The van der Waals surface area contributed by atoms with E-state index in [0.717, 1.165) is 19.2 Å². The maximum absolute atomic E-state index is 13.4. The number of nitrogens with zero attached hydrogens (tertiary/aromatic N) is 1. The van der Waals surface area contributed by atoms with Gasteiger partial charge < -0.3 is 14.8 Å². The number of nitrogens with one attached hydrogen (secondary N) is 1. The summed E-state index contributed by atoms with van der Waals surface area (Å²) in [6, 6.07) is 3.81. The quantitative estimate of drug-likeness (QED) is 0.413. The maximum Gasteiger partial charge on any atom is 0.266 e. The van der Waals surface area contributed by atoms with Crippen LogP contribution in [0.4, 0.5) is 5.69 Å². The number of rotatable bonds is 8. The van der Waals surface area contributed by atoms with Crippen LogP contribution >= 0.6 is 0 Å². The van der Waals surface area contributed by atoms with Gasteiger partial charge in [0.1, 0.15) is 15.1 Å². The predicted molar refractivity (Wildman–Crippen MR) is 124 cm³/mol. The van der Waals surface area contributed by atoms with E-state index in [-0.39, 0.29) is 23.6 Å². The Morgan fingerprint density at radius 1 is 1.06 bits per heavy atom. The highest BCUT2D eigenvalue weighted by Crippen LogP contribution is 2.31. The van der Waals surface area contributed by atoms with Gasteiger partial charge in [-0.15, -0.1) is 0 Å². The number of aromatic nitrogens is 1. The van der Waals surface area contributed by atoms with Crippen LogP contribution in [-0.2, 0) is 14.6 Å². The van der Waals surface area contributed by atoms with Crippen molar-refractivity contribution in [2.24, 2.45) is 0 Å². The Kier molecular flexibility index (Phi) is 6.73. The molecule has 11 nitrogen and oxygen atoms in total. The van der Waals surface area contributed by atoms with Crippen LogP contribution in [0.25, 0.3) is 0 Å². The van der Waals surface area contributed by atoms with Crippen molar-refractivity contribution in [2.45, 2.75) is 19.9 Å². The van der Waals surface area contributed by atoms with Gasteiger partial charge in [0.05, 0.1) is 36.4 Å². The van der Waals surface area contributed by atoms with Crippen molar-refractivity contribution in [3.63, 3.8) is 0 Å². The van der Waals surface area contributed by atoms with Gasteiger partial charge in [0.2, 0.25) is 16.8 Å². The average Bonchev–Trinajstić information content (AvgIpc) is 3.00. The van der Waals surface area contributed by atoms with Crippen LogP contribution in [0, 0.1) is 10.4 Å². The Bertz CT molecular complexity index is 1650. The molecule has 0 spiro atoms. The molecule has 1 N–H and O–H groups in total. The van der Waals surface area contributed by atoms with Crippen molar-refractivity contribution in [1.82, 2.24) is 4.57 Å². The number of amides is 1. The Morgan fingerprint density at radius 2 is 1.71 bits per heavy atom. The van der Waals surface area contributed by atoms with Crippen molar-refractivity contribution < 1.29 is 22.7 Å². The van der Waals surface area contributed by atoms with Gasteiger partial charge >= 0.3 is 0 Å². The number of anilines is 1. The third-order valence-corrected chi connectivity index (χ3v) is 5.99. The molecule has 0 fully saturated rings. The van der Waals surface area contributed by atoms with Crippen molar-refractivity contribution in [1.29, 1.82) is 0 Å². The monoisotopic (exact) mass is 490 g/mol. The molecule has 0 radical (unpaired) electrons. The lowest BCUT2D eigenvalue weighted by molar-refractivity contribution is -0.114. The minimum Gasteiger partial charge on any atom is -0.493 e. The smallest absolute Gasteiger partial charge is 0.266 e. The lowest BCUT2D eigenvalue weighted by atomic mass is 10.1. The summed E-state index contributed by atoms with van der Waals surface area (Å²) in [5, 5.41) is 1.11. The van der Waals surface area contributed by atoms with E-state index < -0.39 is 60.0 Å². The van der Waals surface area contributed by atoms with Gasteiger partial charge in [-0.3, -0.25) is 28.5 Å². The number of carbonyl (C=O) groups excluding carboxylic acids is 1. The Balaban J connectivity index is 2.43. The van der Waals surface area contributed by atoms with Crippen LogP contribution in [0.15, 0.2) is 43.4 Å². The lowest BCUT2D eigenvalue weighted by Gasteiger charge is -2.19. The van der Waals surface area contributed by atoms with Crippen molar-refractivity contribution in [3.8, 4) is 11.5 Å². The van der Waals surface area contributed by atoms with Crippen molar-refractivity contribution >= 4 is 21.4 Å². The second-order valence-corrected chi connectivity index (χ2v) is 9.80. The van der Waals surface area contributed by atoms with E-state index in [1.165, 1.54) is 25.3 Å². The van der Waals surface area contributed by atoms with E-state index in [1.807, 2.05) is 0 Å². The summed E-state index contributed by atoms with van der Waals surface area (Å²) in [7, 11) is -2.35. The Hall–Kier alpha value is -3.80. The largest absolute Gasteiger partial charge is 0.493 e. The maximum atomic E-state index is 13.4. The SMILES string of the molecule is CCOc1cc(C(CS(C)(=O)=O)n2c(=O)c3c(NC(C)=O)cc(=O)c(=O)c=3c2=O)ccc1OC. The van der Waals surface area contributed by atoms with Gasteiger partial charge in [0.25, 0.3) is 11.1 Å². The average molecular weight is 490 g/mol. The first-order valence-corrected chi connectivity index (χ1v) is 12.1. The molecule has 1 aromatic rings. The molecule has 180 valence electrons. The Labute approximate surface area is 192 Å². The topological polar surface area (TPSA) is 155 Å². The number of sulfone groups is 1. The molecule has 3 rings (SSSR count). The van der Waals surface area contributed by atoms with Gasteiger partial charge in [-0.1, -0.05) is 6.07 Å². The molecule has 0 saturated carbocycles. The standard InChI is InChI=1S/C22H22N2O9S/c1-5-33-17-8-12(6-7-16(17)32-3)14(10-34(4,30)31)24-21(28)18-13(23-11(2)25)9-15(26)20(27)19(18)22(24)29/h6-9,14H,5,10H2,1-4H3,(H,23,25). The van der Waals surface area contributed by atoms with E-state index in [9.17, 15) is 32.4 Å². The van der Waals surface area contributed by atoms with E-state index >= 15 is 0 Å². The molecule has 0 saturated heterocycles. The fourth-order valence-corrected chi connectivity index (χ4v) is 4.66. The van der Waals surface area contributed by atoms with Gasteiger partial charge in [-0.2, -0.15) is 0 Å². The minimum absolute atomic E-state index is 0.222. The van der Waals surface area contributed by atoms with Gasteiger partial charge in [-0.25, -0.2) is 8.42 Å². The lowest BCUT2D eigenvalue weighted by Crippen LogP contribution is -2.36. The number of methoxy groups -OCH3 is 1. The predicted octanol–water partition coefficient (Wildman–Crippen LogP) is -0.471. The van der Waals surface area contributed by atoms with E-state index in [2.05, 4.69) is 5.32 Å². The highest BCUT2D eigenvalue weighted by atomic mass is 32.2. The normalized spacial score (nSPS) is 12.5. The van der Waals surface area contributed by atoms with Gasteiger partial charge in [0, 0.05) is 19.2 Å². The summed E-state index contributed by atoms with van der Waals surface area (Å²) in [5.41, 5.74) is -4.52. The first kappa shape index (κ1) is 24.8. The molecule has 1 atom stereocenters. The summed E-state index contributed by atoms with van der Waals surface area (Å²) in [4.78, 5) is 62.8. The van der Waals surface area contributed by atoms with Gasteiger partial charge in [0.15, 0.2) is 11.5 Å². The third-order valence-electron chi connectivity index (χ3n) is 5.07. The number of hydrogen-bond acceptors (Lipinski definition) is 9.